The molecule has 9 nitrogen and oxygen atoms in total. The number of hydrogen-bond acceptors (Lipinski definition) is 7. The molecule has 0 saturated carbocycles. The van der Waals surface area contributed by atoms with Crippen molar-refractivity contribution in [2.45, 2.75) is 18.9 Å². The molecule has 0 radical (unpaired) electrons. The number of nitro benzene ring substituents is 1. The molecule has 0 aromatic heterocycles. The number of carboxylic acids is 1. The van der Waals surface area contributed by atoms with Crippen molar-refractivity contribution in [3.05, 3.63) is 81.4 Å². The fourth-order valence-corrected chi connectivity index (χ4v) is 3.38. The fraction of sp³-hybridized carbons (Fsp3) is 0.190. The van der Waals surface area contributed by atoms with Gasteiger partial charge in [-0.25, -0.2) is 0 Å². The second-order valence-electron chi connectivity index (χ2n) is 6.68. The number of ketones is 1. The Morgan fingerprint density at radius 1 is 1.07 bits per heavy atom. The Morgan fingerprint density at radius 3 is 2.27 bits per heavy atom. The highest BCUT2D eigenvalue weighted by atomic mass is 16.6. The van der Waals surface area contributed by atoms with E-state index >= 15 is 0 Å². The first-order valence-electron chi connectivity index (χ1n) is 9.09. The summed E-state index contributed by atoms with van der Waals surface area (Å²) >= 11 is 0. The zero-order valence-electron chi connectivity index (χ0n) is 15.7. The van der Waals surface area contributed by atoms with E-state index in [2.05, 4.69) is 0 Å². The third kappa shape index (κ3) is 4.04. The van der Waals surface area contributed by atoms with Crippen molar-refractivity contribution in [3.63, 3.8) is 0 Å². The van der Waals surface area contributed by atoms with Crippen LogP contribution < -0.4 is 5.11 Å². The zero-order valence-corrected chi connectivity index (χ0v) is 15.7. The molecule has 1 unspecified atom stereocenters. The van der Waals surface area contributed by atoms with Gasteiger partial charge in [-0.05, 0) is 30.5 Å². The number of nitrogens with zero attached hydrogens (tertiary/aromatic N) is 2. The molecular weight excluding hydrogens is 392 g/mol. The number of aliphatic hydroxyl groups excluding tert-OH is 1. The molecule has 0 aliphatic carbocycles. The third-order valence-electron chi connectivity index (χ3n) is 4.79. The summed E-state index contributed by atoms with van der Waals surface area (Å²) in [5.41, 5.74) is 0.382. The molecule has 0 bridgehead atoms. The Labute approximate surface area is 171 Å². The summed E-state index contributed by atoms with van der Waals surface area (Å²) in [7, 11) is 0. The number of nitro groups is 1. The molecule has 9 heteroatoms. The van der Waals surface area contributed by atoms with Crippen LogP contribution in [-0.4, -0.2) is 39.1 Å². The summed E-state index contributed by atoms with van der Waals surface area (Å²) in [6.45, 7) is -0.0637. The number of likely N-dealkylation sites (tertiary alicyclic amines) is 1. The molecule has 1 atom stereocenters. The van der Waals surface area contributed by atoms with Crippen LogP contribution in [0.15, 0.2) is 60.2 Å². The van der Waals surface area contributed by atoms with Gasteiger partial charge in [0.25, 0.3) is 17.4 Å². The van der Waals surface area contributed by atoms with Crippen molar-refractivity contribution in [1.29, 1.82) is 0 Å². The molecule has 1 aliphatic rings. The molecule has 30 heavy (non-hydrogen) atoms. The van der Waals surface area contributed by atoms with E-state index in [1.807, 2.05) is 0 Å². The molecule has 1 heterocycles. The smallest absolute Gasteiger partial charge is 0.295 e. The van der Waals surface area contributed by atoms with E-state index in [9.17, 15) is 34.7 Å². The average Bonchev–Trinajstić information content (AvgIpc) is 2.98. The van der Waals surface area contributed by atoms with Gasteiger partial charge in [-0.15, -0.1) is 0 Å². The predicted molar refractivity (Wildman–Crippen MR) is 103 cm³/mol. The van der Waals surface area contributed by atoms with Crippen molar-refractivity contribution in [2.24, 2.45) is 0 Å². The predicted octanol–water partition coefficient (Wildman–Crippen LogP) is 1.55. The lowest BCUT2D eigenvalue weighted by atomic mass is 9.95. The maximum atomic E-state index is 12.7. The summed E-state index contributed by atoms with van der Waals surface area (Å²) in [5.74, 6) is -3.45. The van der Waals surface area contributed by atoms with E-state index in [4.69, 9.17) is 0 Å². The van der Waals surface area contributed by atoms with E-state index in [-0.39, 0.29) is 36.4 Å². The number of Topliss-reactive ketones (excluding diaryl/α,β-unsaturated/α-hetero) is 1. The zero-order chi connectivity index (χ0) is 21.8. The number of aliphatic carboxylic acids is 1. The molecule has 3 rings (SSSR count). The minimum absolute atomic E-state index is 0.0458. The van der Waals surface area contributed by atoms with Crippen molar-refractivity contribution in [1.82, 2.24) is 4.90 Å². The van der Waals surface area contributed by atoms with Crippen molar-refractivity contribution < 1.29 is 29.5 Å². The maximum absolute atomic E-state index is 12.7. The Bertz CT molecular complexity index is 1030. The van der Waals surface area contributed by atoms with Gasteiger partial charge in [0.2, 0.25) is 0 Å². The molecule has 1 amide bonds. The highest BCUT2D eigenvalue weighted by Crippen LogP contribution is 2.39. The van der Waals surface area contributed by atoms with Crippen LogP contribution in [0.2, 0.25) is 0 Å². The number of carbonyl (C=O) groups is 3. The maximum Gasteiger partial charge on any atom is 0.295 e. The summed E-state index contributed by atoms with van der Waals surface area (Å²) in [5, 5.41) is 32.5. The van der Waals surface area contributed by atoms with Gasteiger partial charge in [0.1, 0.15) is 5.76 Å². The third-order valence-corrected chi connectivity index (χ3v) is 4.79. The van der Waals surface area contributed by atoms with Crippen LogP contribution in [0, 0.1) is 10.1 Å². The average molecular weight is 409 g/mol. The van der Waals surface area contributed by atoms with Gasteiger partial charge in [0.15, 0.2) is 0 Å². The van der Waals surface area contributed by atoms with Crippen molar-refractivity contribution in [2.75, 3.05) is 6.54 Å². The van der Waals surface area contributed by atoms with E-state index in [1.165, 1.54) is 29.2 Å². The summed E-state index contributed by atoms with van der Waals surface area (Å²) in [6.07, 6.45) is -0.265. The first-order chi connectivity index (χ1) is 14.3. The molecule has 2 aromatic rings. The minimum Gasteiger partial charge on any atom is -0.550 e. The van der Waals surface area contributed by atoms with Crippen LogP contribution in [0.4, 0.5) is 5.69 Å². The molecule has 0 spiro atoms. The second kappa shape index (κ2) is 8.56. The molecular formula is C21H17N2O7-. The monoisotopic (exact) mass is 409 g/mol. The summed E-state index contributed by atoms with van der Waals surface area (Å²) < 4.78 is 0. The van der Waals surface area contributed by atoms with Crippen LogP contribution in [0.3, 0.4) is 0 Å². The number of carboxylic acid groups (broad SMARTS) is 1. The molecule has 1 fully saturated rings. The molecule has 1 saturated heterocycles. The van der Waals surface area contributed by atoms with Crippen LogP contribution in [0.1, 0.15) is 30.0 Å². The van der Waals surface area contributed by atoms with Gasteiger partial charge in [-0.1, -0.05) is 30.3 Å². The van der Waals surface area contributed by atoms with E-state index in [1.54, 1.807) is 30.3 Å². The van der Waals surface area contributed by atoms with Crippen molar-refractivity contribution in [3.8, 4) is 0 Å². The van der Waals surface area contributed by atoms with Crippen LogP contribution in [0.5, 0.6) is 0 Å². The lowest BCUT2D eigenvalue weighted by Gasteiger charge is -2.25. The highest BCUT2D eigenvalue weighted by molar-refractivity contribution is 6.46. The number of rotatable bonds is 7. The van der Waals surface area contributed by atoms with Gasteiger partial charge in [-0.2, -0.15) is 0 Å². The van der Waals surface area contributed by atoms with Gasteiger partial charge in [0, 0.05) is 30.2 Å². The largest absolute Gasteiger partial charge is 0.550 e. The standard InChI is InChI=1S/C21H18N2O7/c24-16(25)7-4-12-22-18(13-8-10-15(11-9-13)23(29)30)17(20(27)21(22)28)19(26)14-5-2-1-3-6-14/h1-3,5-6,8-11,18,26H,4,7,12H2,(H,24,25)/p-1. The van der Waals surface area contributed by atoms with E-state index in [0.717, 1.165) is 0 Å². The highest BCUT2D eigenvalue weighted by Gasteiger charge is 2.45. The fourth-order valence-electron chi connectivity index (χ4n) is 3.38. The molecule has 1 N–H and O–H groups in total. The Balaban J connectivity index is 2.09. The van der Waals surface area contributed by atoms with Crippen LogP contribution in [0.25, 0.3) is 5.76 Å². The van der Waals surface area contributed by atoms with Crippen LogP contribution >= 0.6 is 0 Å². The number of non-ortho nitro benzene ring substituents is 1. The lowest BCUT2D eigenvalue weighted by molar-refractivity contribution is -0.384. The number of carbonyl (C=O) groups excluding carboxylic acids is 3. The summed E-state index contributed by atoms with van der Waals surface area (Å²) in [4.78, 5) is 47.7. The minimum atomic E-state index is -1.29. The topological polar surface area (TPSA) is 141 Å². The SMILES string of the molecule is O=C([O-])CCCN1C(=O)C(=O)C(=C(O)c2ccccc2)C1c1ccc([N+](=O)[O-])cc1. The van der Waals surface area contributed by atoms with Gasteiger partial charge >= 0.3 is 0 Å². The van der Waals surface area contributed by atoms with E-state index in [0.29, 0.717) is 11.1 Å². The molecule has 2 aromatic carbocycles. The number of benzene rings is 2. The van der Waals surface area contributed by atoms with Gasteiger partial charge in [0.05, 0.1) is 16.5 Å². The number of hydrogen-bond donors (Lipinski definition) is 1. The molecule has 154 valence electrons. The number of aliphatic hydroxyl groups is 1. The van der Waals surface area contributed by atoms with E-state index < -0.39 is 28.6 Å². The van der Waals surface area contributed by atoms with Gasteiger partial charge < -0.3 is 19.9 Å². The number of amides is 1. The Hall–Kier alpha value is -4.01. The first-order valence-corrected chi connectivity index (χ1v) is 9.09. The second-order valence-corrected chi connectivity index (χ2v) is 6.68. The first kappa shape index (κ1) is 20.7. The normalized spacial score (nSPS) is 17.9. The molecule has 1 aliphatic heterocycles. The quantitative estimate of drug-likeness (QED) is 0.240. The van der Waals surface area contributed by atoms with Crippen LogP contribution in [-0.2, 0) is 14.4 Å². The lowest BCUT2D eigenvalue weighted by Crippen LogP contribution is -2.32. The van der Waals surface area contributed by atoms with Gasteiger partial charge in [-0.3, -0.25) is 19.7 Å². The summed E-state index contributed by atoms with van der Waals surface area (Å²) in [6, 6.07) is 12.5. The Kier molecular flexibility index (Phi) is 5.91. The van der Waals surface area contributed by atoms with Crippen molar-refractivity contribution >= 4 is 29.1 Å². The Morgan fingerprint density at radius 2 is 1.70 bits per heavy atom.